The van der Waals surface area contributed by atoms with E-state index in [-0.39, 0.29) is 16.4 Å². The first-order valence-electron chi connectivity index (χ1n) is 9.56. The molecule has 2 aromatic carbocycles. The zero-order chi connectivity index (χ0) is 24.1. The molecule has 172 valence electrons. The van der Waals surface area contributed by atoms with Crippen molar-refractivity contribution in [3.63, 3.8) is 0 Å². The van der Waals surface area contributed by atoms with Crippen LogP contribution in [0.4, 0.5) is 10.5 Å². The first-order valence-corrected chi connectivity index (χ1v) is 10.8. The average Bonchev–Trinajstić information content (AvgIpc) is 3.03. The number of carbonyl (C=O) groups is 4. The van der Waals surface area contributed by atoms with Crippen LogP contribution in [-0.2, 0) is 14.4 Å². The number of carboxylic acids is 1. The Bertz CT molecular complexity index is 1130. The van der Waals surface area contributed by atoms with Crippen molar-refractivity contribution in [2.24, 2.45) is 0 Å². The smallest absolute Gasteiger partial charge is 0.344 e. The molecule has 1 heterocycles. The van der Waals surface area contributed by atoms with Crippen molar-refractivity contribution in [2.45, 2.75) is 13.0 Å². The number of rotatable bonds is 8. The van der Waals surface area contributed by atoms with Crippen LogP contribution < -0.4 is 14.8 Å². The van der Waals surface area contributed by atoms with Crippen molar-refractivity contribution in [2.75, 3.05) is 19.0 Å². The van der Waals surface area contributed by atoms with E-state index in [2.05, 4.69) is 5.32 Å². The maximum atomic E-state index is 12.7. The first kappa shape index (κ1) is 24.1. The van der Waals surface area contributed by atoms with Gasteiger partial charge in [-0.2, -0.15) is 0 Å². The minimum Gasteiger partial charge on any atom is -0.493 e. The zero-order valence-electron chi connectivity index (χ0n) is 17.5. The molecule has 1 aliphatic heterocycles. The standard InChI is InChI=1S/C22H19ClN2O7S/c1-12(21(28)29)32-16-8-3-13(9-17(16)31-2)10-18-20(27)25(22(30)33-18)11-19(26)24-15-6-4-14(23)5-7-15/h3-10,12H,11H2,1-2H3,(H,24,26)(H,28,29)/b18-10-/t12-/m1/s1. The Morgan fingerprint density at radius 2 is 1.88 bits per heavy atom. The van der Waals surface area contributed by atoms with Crippen molar-refractivity contribution < 1.29 is 33.8 Å². The van der Waals surface area contributed by atoms with Crippen molar-refractivity contribution in [1.29, 1.82) is 0 Å². The van der Waals surface area contributed by atoms with E-state index >= 15 is 0 Å². The number of benzene rings is 2. The molecule has 0 bridgehead atoms. The SMILES string of the molecule is COc1cc(/C=C2\SC(=O)N(CC(=O)Nc3ccc(Cl)cc3)C2=O)ccc1O[C@H](C)C(=O)O. The average molecular weight is 491 g/mol. The molecule has 3 amide bonds. The molecule has 11 heteroatoms. The minimum absolute atomic E-state index is 0.133. The van der Waals surface area contributed by atoms with E-state index < -0.39 is 35.7 Å². The highest BCUT2D eigenvalue weighted by Gasteiger charge is 2.36. The summed E-state index contributed by atoms with van der Waals surface area (Å²) in [5.74, 6) is -1.78. The summed E-state index contributed by atoms with van der Waals surface area (Å²) in [5.41, 5.74) is 1.01. The van der Waals surface area contributed by atoms with Crippen molar-refractivity contribution in [3.8, 4) is 11.5 Å². The van der Waals surface area contributed by atoms with Crippen LogP contribution in [0.1, 0.15) is 12.5 Å². The van der Waals surface area contributed by atoms with Crippen molar-refractivity contribution in [1.82, 2.24) is 4.90 Å². The molecule has 2 aromatic rings. The number of hydrogen-bond donors (Lipinski definition) is 2. The molecular weight excluding hydrogens is 472 g/mol. The Kier molecular flexibility index (Phi) is 7.62. The Hall–Kier alpha value is -3.50. The molecular formula is C22H19ClN2O7S. The first-order chi connectivity index (χ1) is 15.7. The Morgan fingerprint density at radius 1 is 1.18 bits per heavy atom. The maximum Gasteiger partial charge on any atom is 0.344 e. The number of halogens is 1. The fourth-order valence-electron chi connectivity index (χ4n) is 2.78. The van der Waals surface area contributed by atoms with Crippen LogP contribution in [-0.4, -0.2) is 52.8 Å². The van der Waals surface area contributed by atoms with Gasteiger partial charge in [0.05, 0.1) is 12.0 Å². The van der Waals surface area contributed by atoms with Crippen LogP contribution in [0.15, 0.2) is 47.4 Å². The Balaban J connectivity index is 1.71. The third-order valence-corrected chi connectivity index (χ3v) is 5.60. The number of nitrogens with one attached hydrogen (secondary N) is 1. The van der Waals surface area contributed by atoms with E-state index in [0.29, 0.717) is 28.0 Å². The fraction of sp³-hybridized carbons (Fsp3) is 0.182. The number of hydrogen-bond acceptors (Lipinski definition) is 7. The lowest BCUT2D eigenvalue weighted by molar-refractivity contribution is -0.144. The normalized spacial score (nSPS) is 15.5. The number of carbonyl (C=O) groups excluding carboxylic acids is 3. The van der Waals surface area contributed by atoms with Gasteiger partial charge in [-0.05, 0) is 66.7 Å². The number of aliphatic carboxylic acids is 1. The number of methoxy groups -OCH3 is 1. The molecule has 2 N–H and O–H groups in total. The monoisotopic (exact) mass is 490 g/mol. The quantitative estimate of drug-likeness (QED) is 0.534. The van der Waals surface area contributed by atoms with Gasteiger partial charge in [0.2, 0.25) is 5.91 Å². The van der Waals surface area contributed by atoms with E-state index in [1.807, 2.05) is 0 Å². The third-order valence-electron chi connectivity index (χ3n) is 4.44. The summed E-state index contributed by atoms with van der Waals surface area (Å²) in [7, 11) is 1.39. The summed E-state index contributed by atoms with van der Waals surface area (Å²) >= 11 is 6.52. The van der Waals surface area contributed by atoms with E-state index in [1.54, 1.807) is 36.4 Å². The Morgan fingerprint density at radius 3 is 2.52 bits per heavy atom. The number of carboxylic acid groups (broad SMARTS) is 1. The van der Waals surface area contributed by atoms with Gasteiger partial charge in [-0.1, -0.05) is 17.7 Å². The molecule has 0 spiro atoms. The van der Waals surface area contributed by atoms with Crippen LogP contribution >= 0.6 is 23.4 Å². The van der Waals surface area contributed by atoms with Crippen LogP contribution in [0.25, 0.3) is 6.08 Å². The highest BCUT2D eigenvalue weighted by molar-refractivity contribution is 8.18. The molecule has 0 unspecified atom stereocenters. The molecule has 3 rings (SSSR count). The molecule has 9 nitrogen and oxygen atoms in total. The van der Waals surface area contributed by atoms with Gasteiger partial charge in [-0.15, -0.1) is 0 Å². The number of nitrogens with zero attached hydrogens (tertiary/aromatic N) is 1. The fourth-order valence-corrected chi connectivity index (χ4v) is 3.74. The highest BCUT2D eigenvalue weighted by atomic mass is 35.5. The van der Waals surface area contributed by atoms with E-state index in [1.165, 1.54) is 26.2 Å². The number of amides is 3. The van der Waals surface area contributed by atoms with Crippen LogP contribution in [0, 0.1) is 0 Å². The summed E-state index contributed by atoms with van der Waals surface area (Å²) in [4.78, 5) is 49.3. The van der Waals surface area contributed by atoms with E-state index in [9.17, 15) is 19.2 Å². The molecule has 0 saturated carbocycles. The third kappa shape index (κ3) is 6.05. The number of imide groups is 1. The number of ether oxygens (including phenoxy) is 2. The summed E-state index contributed by atoms with van der Waals surface area (Å²) in [6.45, 7) is 0.947. The van der Waals surface area contributed by atoms with Gasteiger partial charge in [-0.25, -0.2) is 4.79 Å². The van der Waals surface area contributed by atoms with Gasteiger partial charge in [-0.3, -0.25) is 19.3 Å². The zero-order valence-corrected chi connectivity index (χ0v) is 19.1. The van der Waals surface area contributed by atoms with Gasteiger partial charge >= 0.3 is 5.97 Å². The molecule has 0 radical (unpaired) electrons. The lowest BCUT2D eigenvalue weighted by Crippen LogP contribution is -2.36. The van der Waals surface area contributed by atoms with Crippen molar-refractivity contribution >= 4 is 58.1 Å². The summed E-state index contributed by atoms with van der Waals surface area (Å²) in [6.07, 6.45) is 0.398. The second-order valence-electron chi connectivity index (χ2n) is 6.83. The summed E-state index contributed by atoms with van der Waals surface area (Å²) < 4.78 is 10.6. The van der Waals surface area contributed by atoms with Crippen LogP contribution in [0.5, 0.6) is 11.5 Å². The van der Waals surface area contributed by atoms with E-state index in [0.717, 1.165) is 4.90 Å². The molecule has 1 saturated heterocycles. The second kappa shape index (κ2) is 10.4. The van der Waals surface area contributed by atoms with Gasteiger partial charge < -0.3 is 19.9 Å². The predicted octanol–water partition coefficient (Wildman–Crippen LogP) is 3.88. The molecule has 1 fully saturated rings. The lowest BCUT2D eigenvalue weighted by Gasteiger charge is -2.14. The van der Waals surface area contributed by atoms with Gasteiger partial charge in [0.15, 0.2) is 17.6 Å². The van der Waals surface area contributed by atoms with Gasteiger partial charge in [0.1, 0.15) is 6.54 Å². The lowest BCUT2D eigenvalue weighted by atomic mass is 10.2. The molecule has 33 heavy (non-hydrogen) atoms. The minimum atomic E-state index is -1.13. The predicted molar refractivity (Wildman–Crippen MR) is 123 cm³/mol. The van der Waals surface area contributed by atoms with Gasteiger partial charge in [0.25, 0.3) is 11.1 Å². The van der Waals surface area contributed by atoms with Crippen LogP contribution in [0.3, 0.4) is 0 Å². The molecule has 1 aliphatic rings. The van der Waals surface area contributed by atoms with Crippen molar-refractivity contribution in [3.05, 3.63) is 58.0 Å². The van der Waals surface area contributed by atoms with E-state index in [4.69, 9.17) is 26.2 Å². The molecule has 0 aliphatic carbocycles. The largest absolute Gasteiger partial charge is 0.493 e. The van der Waals surface area contributed by atoms with Gasteiger partial charge in [0, 0.05) is 10.7 Å². The maximum absolute atomic E-state index is 12.7. The summed E-state index contributed by atoms with van der Waals surface area (Å²) in [6, 6.07) is 11.1. The summed E-state index contributed by atoms with van der Waals surface area (Å²) in [5, 5.41) is 11.5. The molecule has 1 atom stereocenters. The highest BCUT2D eigenvalue weighted by Crippen LogP contribution is 2.34. The number of thioether (sulfide) groups is 1. The van der Waals surface area contributed by atoms with Crippen LogP contribution in [0.2, 0.25) is 5.02 Å². The Labute approximate surface area is 198 Å². The number of anilines is 1. The molecule has 0 aromatic heterocycles. The topological polar surface area (TPSA) is 122 Å². The second-order valence-corrected chi connectivity index (χ2v) is 8.26.